The number of ether oxygens (including phenoxy) is 1. The number of anilines is 1. The number of amides is 1. The first-order valence-corrected chi connectivity index (χ1v) is 8.38. The van der Waals surface area contributed by atoms with Crippen LogP contribution >= 0.6 is 0 Å². The fourth-order valence-corrected chi connectivity index (χ4v) is 2.98. The van der Waals surface area contributed by atoms with Gasteiger partial charge < -0.3 is 15.0 Å². The number of nitrogens with one attached hydrogen (secondary N) is 1. The van der Waals surface area contributed by atoms with Gasteiger partial charge in [0.25, 0.3) is 0 Å². The van der Waals surface area contributed by atoms with Crippen LogP contribution in [0.25, 0.3) is 0 Å². The third kappa shape index (κ3) is 3.85. The van der Waals surface area contributed by atoms with Crippen LogP contribution in [-0.2, 0) is 4.79 Å². The van der Waals surface area contributed by atoms with Gasteiger partial charge in [0.2, 0.25) is 11.8 Å². The fraction of sp³-hybridized carbons (Fsp3) is 0.368. The largest absolute Gasteiger partial charge is 0.481 e. The quantitative estimate of drug-likeness (QED) is 0.917. The molecule has 0 spiro atoms. The summed E-state index contributed by atoms with van der Waals surface area (Å²) < 4.78 is 5.09. The number of hydrogen-bond acceptors (Lipinski definition) is 4. The Labute approximate surface area is 142 Å². The molecule has 0 aliphatic carbocycles. The van der Waals surface area contributed by atoms with E-state index in [1.165, 1.54) is 6.42 Å². The number of carbonyl (C=O) groups is 1. The maximum absolute atomic E-state index is 13.0. The summed E-state index contributed by atoms with van der Waals surface area (Å²) in [5.41, 5.74) is 1.76. The number of aromatic nitrogens is 1. The van der Waals surface area contributed by atoms with Crippen molar-refractivity contribution in [3.63, 3.8) is 0 Å². The molecule has 1 saturated heterocycles. The van der Waals surface area contributed by atoms with Gasteiger partial charge in [0.1, 0.15) is 6.04 Å². The van der Waals surface area contributed by atoms with Crippen molar-refractivity contribution in [3.8, 4) is 5.88 Å². The number of nitrogens with zero attached hydrogens (tertiary/aromatic N) is 2. The van der Waals surface area contributed by atoms with Gasteiger partial charge in [0.05, 0.1) is 19.0 Å². The molecule has 0 radical (unpaired) electrons. The summed E-state index contributed by atoms with van der Waals surface area (Å²) in [4.78, 5) is 19.2. The van der Waals surface area contributed by atoms with Crippen LogP contribution in [0.15, 0.2) is 48.7 Å². The maximum atomic E-state index is 13.0. The Morgan fingerprint density at radius 3 is 2.50 bits per heavy atom. The van der Waals surface area contributed by atoms with Crippen molar-refractivity contribution in [1.82, 2.24) is 9.88 Å². The van der Waals surface area contributed by atoms with E-state index in [0.717, 1.165) is 37.2 Å². The first-order chi connectivity index (χ1) is 11.8. The zero-order valence-electron chi connectivity index (χ0n) is 13.9. The van der Waals surface area contributed by atoms with Crippen molar-refractivity contribution < 1.29 is 9.53 Å². The standard InChI is InChI=1S/C19H23N3O2/c1-24-17-11-10-16(14-20-17)21-18(15-8-4-2-5-9-15)19(23)22-12-6-3-7-13-22/h2,4-5,8-11,14,18,21H,3,6-7,12-13H2,1H3. The van der Waals surface area contributed by atoms with Crippen LogP contribution in [0.3, 0.4) is 0 Å². The van der Waals surface area contributed by atoms with E-state index in [9.17, 15) is 4.79 Å². The average Bonchev–Trinajstić information content (AvgIpc) is 2.67. The van der Waals surface area contributed by atoms with Crippen molar-refractivity contribution in [1.29, 1.82) is 0 Å². The lowest BCUT2D eigenvalue weighted by atomic mass is 10.0. The van der Waals surface area contributed by atoms with Crippen LogP contribution in [0, 0.1) is 0 Å². The predicted molar refractivity (Wildman–Crippen MR) is 94.0 cm³/mol. The van der Waals surface area contributed by atoms with Crippen LogP contribution in [0.5, 0.6) is 5.88 Å². The molecule has 1 unspecified atom stereocenters. The molecule has 24 heavy (non-hydrogen) atoms. The van der Waals surface area contributed by atoms with Crippen molar-refractivity contribution in [2.45, 2.75) is 25.3 Å². The van der Waals surface area contributed by atoms with Gasteiger partial charge in [-0.2, -0.15) is 0 Å². The number of benzene rings is 1. The van der Waals surface area contributed by atoms with Gasteiger partial charge >= 0.3 is 0 Å². The van der Waals surface area contributed by atoms with Crippen LogP contribution in [0.4, 0.5) is 5.69 Å². The lowest BCUT2D eigenvalue weighted by Gasteiger charge is -2.31. The number of piperidine rings is 1. The van der Waals surface area contributed by atoms with E-state index < -0.39 is 6.04 Å². The normalized spacial score (nSPS) is 15.6. The molecule has 1 N–H and O–H groups in total. The second kappa shape index (κ2) is 7.81. The minimum absolute atomic E-state index is 0.122. The Morgan fingerprint density at radius 2 is 1.88 bits per heavy atom. The fourth-order valence-electron chi connectivity index (χ4n) is 2.98. The number of hydrogen-bond donors (Lipinski definition) is 1. The summed E-state index contributed by atoms with van der Waals surface area (Å²) in [5, 5.41) is 3.33. The van der Waals surface area contributed by atoms with Gasteiger partial charge in [0, 0.05) is 19.2 Å². The van der Waals surface area contributed by atoms with Gasteiger partial charge in [-0.1, -0.05) is 30.3 Å². The Hall–Kier alpha value is -2.56. The summed E-state index contributed by atoms with van der Waals surface area (Å²) in [6.45, 7) is 1.68. The summed E-state index contributed by atoms with van der Waals surface area (Å²) in [7, 11) is 1.59. The highest BCUT2D eigenvalue weighted by Crippen LogP contribution is 2.24. The van der Waals surface area contributed by atoms with Crippen molar-refractivity contribution in [2.75, 3.05) is 25.5 Å². The maximum Gasteiger partial charge on any atom is 0.249 e. The van der Waals surface area contributed by atoms with Gasteiger partial charge in [-0.05, 0) is 30.9 Å². The van der Waals surface area contributed by atoms with Crippen molar-refractivity contribution in [2.24, 2.45) is 0 Å². The monoisotopic (exact) mass is 325 g/mol. The Balaban J connectivity index is 1.82. The summed E-state index contributed by atoms with van der Waals surface area (Å²) >= 11 is 0. The van der Waals surface area contributed by atoms with Gasteiger partial charge in [-0.15, -0.1) is 0 Å². The smallest absolute Gasteiger partial charge is 0.249 e. The minimum Gasteiger partial charge on any atom is -0.481 e. The molecule has 1 aromatic heterocycles. The van der Waals surface area contributed by atoms with E-state index >= 15 is 0 Å². The van der Waals surface area contributed by atoms with E-state index in [2.05, 4.69) is 10.3 Å². The zero-order valence-corrected chi connectivity index (χ0v) is 13.9. The van der Waals surface area contributed by atoms with Crippen LogP contribution < -0.4 is 10.1 Å². The molecule has 0 bridgehead atoms. The van der Waals surface area contributed by atoms with Crippen molar-refractivity contribution >= 4 is 11.6 Å². The second-order valence-electron chi connectivity index (χ2n) is 5.96. The molecular weight excluding hydrogens is 302 g/mol. The topological polar surface area (TPSA) is 54.5 Å². The SMILES string of the molecule is COc1ccc(NC(C(=O)N2CCCCC2)c2ccccc2)cn1. The highest BCUT2D eigenvalue weighted by molar-refractivity contribution is 5.86. The molecule has 2 aromatic rings. The molecule has 1 atom stereocenters. The van der Waals surface area contributed by atoms with Crippen molar-refractivity contribution in [3.05, 3.63) is 54.2 Å². The summed E-state index contributed by atoms with van der Waals surface area (Å²) in [5.74, 6) is 0.677. The molecule has 126 valence electrons. The number of carbonyl (C=O) groups excluding carboxylic acids is 1. The zero-order chi connectivity index (χ0) is 16.8. The number of pyridine rings is 1. The molecule has 1 aliphatic rings. The third-order valence-corrected chi connectivity index (χ3v) is 4.30. The lowest BCUT2D eigenvalue weighted by Crippen LogP contribution is -2.41. The highest BCUT2D eigenvalue weighted by atomic mass is 16.5. The van der Waals surface area contributed by atoms with Gasteiger partial charge in [-0.25, -0.2) is 4.98 Å². The first-order valence-electron chi connectivity index (χ1n) is 8.38. The van der Waals surface area contributed by atoms with E-state index in [4.69, 9.17) is 4.74 Å². The van der Waals surface area contributed by atoms with Gasteiger partial charge in [-0.3, -0.25) is 4.79 Å². The molecule has 1 aliphatic heterocycles. The average molecular weight is 325 g/mol. The van der Waals surface area contributed by atoms with Crippen LogP contribution in [-0.4, -0.2) is 36.0 Å². The molecule has 1 aromatic carbocycles. The first kappa shape index (κ1) is 16.3. The van der Waals surface area contributed by atoms with E-state index in [-0.39, 0.29) is 5.91 Å². The van der Waals surface area contributed by atoms with Crippen LogP contribution in [0.2, 0.25) is 0 Å². The summed E-state index contributed by atoms with van der Waals surface area (Å²) in [6, 6.07) is 13.1. The molecule has 2 heterocycles. The number of rotatable bonds is 5. The Kier molecular flexibility index (Phi) is 5.31. The van der Waals surface area contributed by atoms with E-state index in [0.29, 0.717) is 5.88 Å². The molecule has 5 heteroatoms. The second-order valence-corrected chi connectivity index (χ2v) is 5.96. The molecule has 0 saturated carbocycles. The Bertz CT molecular complexity index is 652. The highest BCUT2D eigenvalue weighted by Gasteiger charge is 2.26. The molecule has 3 rings (SSSR count). The molecule has 1 amide bonds. The number of likely N-dealkylation sites (tertiary alicyclic amines) is 1. The van der Waals surface area contributed by atoms with E-state index in [1.807, 2.05) is 41.3 Å². The molecular formula is C19H23N3O2. The van der Waals surface area contributed by atoms with Gasteiger partial charge in [0.15, 0.2) is 0 Å². The van der Waals surface area contributed by atoms with E-state index in [1.54, 1.807) is 19.4 Å². The number of methoxy groups -OCH3 is 1. The summed E-state index contributed by atoms with van der Waals surface area (Å²) in [6.07, 6.45) is 5.06. The van der Waals surface area contributed by atoms with Crippen LogP contribution in [0.1, 0.15) is 30.9 Å². The minimum atomic E-state index is -0.403. The Morgan fingerprint density at radius 1 is 1.12 bits per heavy atom. The third-order valence-electron chi connectivity index (χ3n) is 4.30. The molecule has 5 nitrogen and oxygen atoms in total. The molecule has 1 fully saturated rings. The lowest BCUT2D eigenvalue weighted by molar-refractivity contribution is -0.133. The predicted octanol–water partition coefficient (Wildman–Crippen LogP) is 3.26.